The molecule has 0 aliphatic heterocycles. The zero-order valence-corrected chi connectivity index (χ0v) is 9.53. The van der Waals surface area contributed by atoms with Gasteiger partial charge in [-0.15, -0.1) is 0 Å². The monoisotopic (exact) mass is 278 g/mol. The summed E-state index contributed by atoms with van der Waals surface area (Å²) in [5.74, 6) is -10.7. The average Bonchev–Trinajstić information content (AvgIpc) is 2.83. The third-order valence-electron chi connectivity index (χ3n) is 2.42. The van der Waals surface area contributed by atoms with Crippen LogP contribution in [0.2, 0.25) is 0 Å². The van der Waals surface area contributed by atoms with Crippen LogP contribution in [0.25, 0.3) is 11.3 Å². The largest absolute Gasteiger partial charge is 0.443 e. The molecule has 2 rings (SSSR count). The lowest BCUT2D eigenvalue weighted by Crippen LogP contribution is -2.09. The molecule has 0 saturated heterocycles. The normalized spacial score (nSPS) is 11.1. The van der Waals surface area contributed by atoms with Crippen LogP contribution in [-0.2, 0) is 6.54 Å². The molecule has 102 valence electrons. The number of hydrogen-bond acceptors (Lipinski definition) is 3. The van der Waals surface area contributed by atoms with Gasteiger partial charge in [-0.05, 0) is 7.05 Å². The molecule has 0 amide bonds. The topological polar surface area (TPSA) is 38.1 Å². The molecule has 0 radical (unpaired) electrons. The first kappa shape index (κ1) is 13.5. The van der Waals surface area contributed by atoms with Gasteiger partial charge in [0.2, 0.25) is 5.82 Å². The van der Waals surface area contributed by atoms with Gasteiger partial charge in [-0.25, -0.2) is 26.9 Å². The summed E-state index contributed by atoms with van der Waals surface area (Å²) < 4.78 is 70.9. The number of benzene rings is 1. The quantitative estimate of drug-likeness (QED) is 0.533. The number of nitrogens with one attached hydrogen (secondary N) is 1. The Morgan fingerprint density at radius 2 is 1.53 bits per heavy atom. The standard InChI is InChI=1S/C11H7F5N2O/c1-17-2-4-11(19-3-18-4)5-6(12)8(14)10(16)9(15)7(5)13/h3,17H,2H2,1H3. The molecule has 1 heterocycles. The third kappa shape index (κ3) is 2.07. The Morgan fingerprint density at radius 3 is 2.05 bits per heavy atom. The van der Waals surface area contributed by atoms with E-state index in [2.05, 4.69) is 10.3 Å². The Balaban J connectivity index is 2.72. The maximum Gasteiger partial charge on any atom is 0.200 e. The van der Waals surface area contributed by atoms with Crippen LogP contribution in [0, 0.1) is 29.1 Å². The molecule has 0 aliphatic carbocycles. The van der Waals surface area contributed by atoms with Crippen LogP contribution in [0.15, 0.2) is 10.8 Å². The second kappa shape index (κ2) is 4.96. The molecule has 2 aromatic rings. The van der Waals surface area contributed by atoms with Gasteiger partial charge < -0.3 is 9.73 Å². The molecule has 1 aromatic carbocycles. The number of aromatic nitrogens is 1. The van der Waals surface area contributed by atoms with Crippen LogP contribution in [-0.4, -0.2) is 12.0 Å². The highest BCUT2D eigenvalue weighted by molar-refractivity contribution is 5.62. The van der Waals surface area contributed by atoms with Crippen molar-refractivity contribution in [3.05, 3.63) is 41.2 Å². The summed E-state index contributed by atoms with van der Waals surface area (Å²) >= 11 is 0. The summed E-state index contributed by atoms with van der Waals surface area (Å²) in [7, 11) is 1.52. The Kier molecular flexibility index (Phi) is 3.52. The van der Waals surface area contributed by atoms with Crippen molar-refractivity contribution in [3.63, 3.8) is 0 Å². The van der Waals surface area contributed by atoms with Gasteiger partial charge in [0.1, 0.15) is 5.69 Å². The predicted molar refractivity (Wildman–Crippen MR) is 54.5 cm³/mol. The van der Waals surface area contributed by atoms with E-state index in [4.69, 9.17) is 4.42 Å². The van der Waals surface area contributed by atoms with Crippen molar-refractivity contribution in [2.45, 2.75) is 6.54 Å². The van der Waals surface area contributed by atoms with Crippen LogP contribution in [0.5, 0.6) is 0 Å². The van der Waals surface area contributed by atoms with Crippen molar-refractivity contribution < 1.29 is 26.4 Å². The van der Waals surface area contributed by atoms with Crippen LogP contribution >= 0.6 is 0 Å². The lowest BCUT2D eigenvalue weighted by molar-refractivity contribution is 0.378. The first-order chi connectivity index (χ1) is 8.99. The van der Waals surface area contributed by atoms with Crippen molar-refractivity contribution in [2.24, 2.45) is 0 Å². The molecule has 19 heavy (non-hydrogen) atoms. The summed E-state index contributed by atoms with van der Waals surface area (Å²) in [4.78, 5) is 3.65. The minimum absolute atomic E-state index is 0.0331. The van der Waals surface area contributed by atoms with Crippen molar-refractivity contribution in [2.75, 3.05) is 7.05 Å². The predicted octanol–water partition coefficient (Wildman–Crippen LogP) is 2.76. The summed E-state index contributed by atoms with van der Waals surface area (Å²) in [6, 6.07) is 0. The molecule has 0 unspecified atom stereocenters. The van der Waals surface area contributed by atoms with Gasteiger partial charge in [-0.3, -0.25) is 0 Å². The van der Waals surface area contributed by atoms with E-state index in [0.717, 1.165) is 6.39 Å². The smallest absolute Gasteiger partial charge is 0.200 e. The summed E-state index contributed by atoms with van der Waals surface area (Å²) in [5.41, 5.74) is -1.09. The lowest BCUT2D eigenvalue weighted by Gasteiger charge is -2.07. The number of halogens is 5. The van der Waals surface area contributed by atoms with Crippen LogP contribution in [0.3, 0.4) is 0 Å². The molecule has 1 N–H and O–H groups in total. The average molecular weight is 278 g/mol. The molecule has 1 aromatic heterocycles. The van der Waals surface area contributed by atoms with Gasteiger partial charge >= 0.3 is 0 Å². The fraction of sp³-hybridized carbons (Fsp3) is 0.182. The Hall–Kier alpha value is -1.96. The fourth-order valence-electron chi connectivity index (χ4n) is 1.57. The summed E-state index contributed by atoms with van der Waals surface area (Å²) in [6.07, 6.45) is 0.861. The molecule has 8 heteroatoms. The minimum atomic E-state index is -2.21. The molecule has 0 fully saturated rings. The van der Waals surface area contributed by atoms with Crippen molar-refractivity contribution in [3.8, 4) is 11.3 Å². The van der Waals surface area contributed by atoms with Gasteiger partial charge in [0.15, 0.2) is 35.4 Å². The van der Waals surface area contributed by atoms with Crippen LogP contribution < -0.4 is 5.32 Å². The Labute approximate surface area is 104 Å². The molecular formula is C11H7F5N2O. The van der Waals surface area contributed by atoms with Gasteiger partial charge in [-0.2, -0.15) is 0 Å². The second-order valence-corrected chi connectivity index (χ2v) is 3.60. The van der Waals surface area contributed by atoms with Crippen LogP contribution in [0.1, 0.15) is 5.69 Å². The van der Waals surface area contributed by atoms with E-state index in [1.54, 1.807) is 0 Å². The fourth-order valence-corrected chi connectivity index (χ4v) is 1.57. The highest BCUT2D eigenvalue weighted by Crippen LogP contribution is 2.33. The van der Waals surface area contributed by atoms with Crippen LogP contribution in [0.4, 0.5) is 22.0 Å². The molecule has 0 bridgehead atoms. The van der Waals surface area contributed by atoms with Gasteiger partial charge in [-0.1, -0.05) is 0 Å². The molecule has 0 spiro atoms. The van der Waals surface area contributed by atoms with E-state index in [-0.39, 0.29) is 12.2 Å². The maximum atomic E-state index is 13.6. The van der Waals surface area contributed by atoms with Gasteiger partial charge in [0.25, 0.3) is 0 Å². The van der Waals surface area contributed by atoms with Crippen molar-refractivity contribution in [1.82, 2.24) is 10.3 Å². The first-order valence-corrected chi connectivity index (χ1v) is 5.07. The van der Waals surface area contributed by atoms with Crippen molar-refractivity contribution in [1.29, 1.82) is 0 Å². The highest BCUT2D eigenvalue weighted by Gasteiger charge is 2.29. The number of nitrogens with zero attached hydrogens (tertiary/aromatic N) is 1. The second-order valence-electron chi connectivity index (χ2n) is 3.60. The van der Waals surface area contributed by atoms with E-state index in [9.17, 15) is 22.0 Å². The number of hydrogen-bond donors (Lipinski definition) is 1. The lowest BCUT2D eigenvalue weighted by atomic mass is 10.1. The summed E-state index contributed by atoms with van der Waals surface area (Å²) in [6.45, 7) is 0.0470. The van der Waals surface area contributed by atoms with E-state index < -0.39 is 40.4 Å². The summed E-state index contributed by atoms with van der Waals surface area (Å²) in [5, 5.41) is 2.63. The maximum absolute atomic E-state index is 13.6. The zero-order chi connectivity index (χ0) is 14.2. The minimum Gasteiger partial charge on any atom is -0.443 e. The third-order valence-corrected chi connectivity index (χ3v) is 2.42. The zero-order valence-electron chi connectivity index (χ0n) is 9.53. The molecule has 0 aliphatic rings. The molecular weight excluding hydrogens is 271 g/mol. The Bertz CT molecular complexity index is 597. The van der Waals surface area contributed by atoms with E-state index >= 15 is 0 Å². The van der Waals surface area contributed by atoms with E-state index in [0.29, 0.717) is 0 Å². The molecule has 0 atom stereocenters. The first-order valence-electron chi connectivity index (χ1n) is 5.07. The highest BCUT2D eigenvalue weighted by atomic mass is 19.2. The van der Waals surface area contributed by atoms with Gasteiger partial charge in [0, 0.05) is 6.54 Å². The van der Waals surface area contributed by atoms with E-state index in [1.807, 2.05) is 0 Å². The Morgan fingerprint density at radius 1 is 1.00 bits per heavy atom. The molecule has 3 nitrogen and oxygen atoms in total. The van der Waals surface area contributed by atoms with Gasteiger partial charge in [0.05, 0.1) is 5.56 Å². The SMILES string of the molecule is CNCc1ncoc1-c1c(F)c(F)c(F)c(F)c1F. The van der Waals surface area contributed by atoms with E-state index in [1.165, 1.54) is 7.05 Å². The van der Waals surface area contributed by atoms with Crippen molar-refractivity contribution >= 4 is 0 Å². The number of oxazole rings is 1. The number of rotatable bonds is 3. The molecule has 0 saturated carbocycles.